The lowest BCUT2D eigenvalue weighted by atomic mass is 10.2. The first kappa shape index (κ1) is 13.1. The van der Waals surface area contributed by atoms with Gasteiger partial charge in [0.1, 0.15) is 5.75 Å². The molecule has 1 heterocycles. The Bertz CT molecular complexity index is 538. The number of halogens is 1. The molecule has 1 atom stereocenters. The van der Waals surface area contributed by atoms with Crippen LogP contribution in [0.5, 0.6) is 11.6 Å². The Kier molecular flexibility index (Phi) is 3.99. The topological polar surface area (TPSA) is 48.1 Å². The van der Waals surface area contributed by atoms with Crippen molar-refractivity contribution < 1.29 is 4.74 Å². The third-order valence-electron chi connectivity index (χ3n) is 2.64. The van der Waals surface area contributed by atoms with E-state index in [1.807, 2.05) is 44.2 Å². The van der Waals surface area contributed by atoms with Crippen LogP contribution in [0.15, 0.2) is 41.0 Å². The molecular weight excluding hydrogens is 292 g/mol. The van der Waals surface area contributed by atoms with Crippen LogP contribution < -0.4 is 10.5 Å². The average Bonchev–Trinajstić information content (AvgIpc) is 2.33. The highest BCUT2D eigenvalue weighted by molar-refractivity contribution is 9.10. The molecule has 0 aliphatic rings. The summed E-state index contributed by atoms with van der Waals surface area (Å²) in [6, 6.07) is 9.62. The van der Waals surface area contributed by atoms with Crippen LogP contribution in [-0.4, -0.2) is 4.98 Å². The van der Waals surface area contributed by atoms with Crippen molar-refractivity contribution in [1.82, 2.24) is 4.98 Å². The molecule has 4 heteroatoms. The van der Waals surface area contributed by atoms with Crippen molar-refractivity contribution in [1.29, 1.82) is 0 Å². The Morgan fingerprint density at radius 2 is 2.06 bits per heavy atom. The highest BCUT2D eigenvalue weighted by Gasteiger charge is 2.04. The number of hydrogen-bond acceptors (Lipinski definition) is 3. The van der Waals surface area contributed by atoms with Crippen molar-refractivity contribution in [3.05, 3.63) is 52.1 Å². The lowest BCUT2D eigenvalue weighted by Crippen LogP contribution is -2.05. The van der Waals surface area contributed by atoms with Gasteiger partial charge in [-0.2, -0.15) is 0 Å². The average molecular weight is 307 g/mol. The number of nitrogens with two attached hydrogens (primary N) is 1. The van der Waals surface area contributed by atoms with Crippen LogP contribution in [0.3, 0.4) is 0 Å². The van der Waals surface area contributed by atoms with Crippen LogP contribution in [0, 0.1) is 6.92 Å². The van der Waals surface area contributed by atoms with E-state index in [0.29, 0.717) is 5.88 Å². The minimum atomic E-state index is -0.0130. The van der Waals surface area contributed by atoms with Gasteiger partial charge < -0.3 is 10.5 Å². The Labute approximate surface area is 115 Å². The molecule has 2 N–H and O–H groups in total. The van der Waals surface area contributed by atoms with Crippen LogP contribution in [0.2, 0.25) is 0 Å². The van der Waals surface area contributed by atoms with Gasteiger partial charge in [0.2, 0.25) is 5.88 Å². The van der Waals surface area contributed by atoms with E-state index in [1.165, 1.54) is 0 Å². The normalized spacial score (nSPS) is 12.2. The summed E-state index contributed by atoms with van der Waals surface area (Å²) in [7, 11) is 0. The molecule has 94 valence electrons. The predicted octanol–water partition coefficient (Wildman–Crippen LogP) is 3.96. The second kappa shape index (κ2) is 5.50. The van der Waals surface area contributed by atoms with Crippen LogP contribution in [0.25, 0.3) is 0 Å². The minimum absolute atomic E-state index is 0.0130. The van der Waals surface area contributed by atoms with E-state index in [4.69, 9.17) is 10.5 Å². The first-order valence-electron chi connectivity index (χ1n) is 5.72. The van der Waals surface area contributed by atoms with E-state index >= 15 is 0 Å². The number of benzene rings is 1. The molecular formula is C14H15BrN2O. The molecule has 3 nitrogen and oxygen atoms in total. The predicted molar refractivity (Wildman–Crippen MR) is 75.8 cm³/mol. The Morgan fingerprint density at radius 1 is 1.28 bits per heavy atom. The SMILES string of the molecule is Cc1cc(Br)ccc1Oc1ccc([C@@H](C)N)cn1. The van der Waals surface area contributed by atoms with Crippen LogP contribution >= 0.6 is 15.9 Å². The second-order valence-electron chi connectivity index (χ2n) is 4.23. The zero-order valence-electron chi connectivity index (χ0n) is 10.4. The third kappa shape index (κ3) is 3.09. The van der Waals surface area contributed by atoms with Crippen molar-refractivity contribution in [3.63, 3.8) is 0 Å². The van der Waals surface area contributed by atoms with Gasteiger partial charge in [0.15, 0.2) is 0 Å². The Hall–Kier alpha value is -1.39. The van der Waals surface area contributed by atoms with Gasteiger partial charge >= 0.3 is 0 Å². The Morgan fingerprint density at radius 3 is 2.61 bits per heavy atom. The highest BCUT2D eigenvalue weighted by Crippen LogP contribution is 2.26. The smallest absolute Gasteiger partial charge is 0.219 e. The number of ether oxygens (including phenoxy) is 1. The largest absolute Gasteiger partial charge is 0.439 e. The summed E-state index contributed by atoms with van der Waals surface area (Å²) in [4.78, 5) is 4.24. The first-order chi connectivity index (χ1) is 8.56. The summed E-state index contributed by atoms with van der Waals surface area (Å²) < 4.78 is 6.76. The Balaban J connectivity index is 2.18. The standard InChI is InChI=1S/C14H15BrN2O/c1-9-7-12(15)4-5-13(9)18-14-6-3-11(8-17-14)10(2)16/h3-8,10H,16H2,1-2H3/t10-/m1/s1. The van der Waals surface area contributed by atoms with E-state index in [1.54, 1.807) is 6.20 Å². The monoisotopic (exact) mass is 306 g/mol. The third-order valence-corrected chi connectivity index (χ3v) is 3.13. The maximum Gasteiger partial charge on any atom is 0.219 e. The van der Waals surface area contributed by atoms with Gasteiger partial charge in [0, 0.05) is 22.8 Å². The number of nitrogens with zero attached hydrogens (tertiary/aromatic N) is 1. The summed E-state index contributed by atoms with van der Waals surface area (Å²) in [6.07, 6.45) is 1.74. The molecule has 2 rings (SSSR count). The van der Waals surface area contributed by atoms with Crippen molar-refractivity contribution in [3.8, 4) is 11.6 Å². The van der Waals surface area contributed by atoms with Crippen LogP contribution in [0.1, 0.15) is 24.1 Å². The summed E-state index contributed by atoms with van der Waals surface area (Å²) in [5.41, 5.74) is 7.82. The van der Waals surface area contributed by atoms with Crippen molar-refractivity contribution in [2.75, 3.05) is 0 Å². The lowest BCUT2D eigenvalue weighted by molar-refractivity contribution is 0.458. The molecule has 18 heavy (non-hydrogen) atoms. The zero-order valence-corrected chi connectivity index (χ0v) is 11.9. The number of pyridine rings is 1. The van der Waals surface area contributed by atoms with E-state index in [-0.39, 0.29) is 6.04 Å². The van der Waals surface area contributed by atoms with E-state index < -0.39 is 0 Å². The van der Waals surface area contributed by atoms with Crippen LogP contribution in [-0.2, 0) is 0 Å². The van der Waals surface area contributed by atoms with Crippen molar-refractivity contribution >= 4 is 15.9 Å². The molecule has 0 fully saturated rings. The summed E-state index contributed by atoms with van der Waals surface area (Å²) in [5.74, 6) is 1.38. The fourth-order valence-corrected chi connectivity index (χ4v) is 2.04. The van der Waals surface area contributed by atoms with E-state index in [9.17, 15) is 0 Å². The van der Waals surface area contributed by atoms with Crippen molar-refractivity contribution in [2.24, 2.45) is 5.73 Å². The molecule has 0 radical (unpaired) electrons. The summed E-state index contributed by atoms with van der Waals surface area (Å²) in [6.45, 7) is 3.92. The van der Waals surface area contributed by atoms with Gasteiger partial charge in [0.05, 0.1) is 0 Å². The van der Waals surface area contributed by atoms with Gasteiger partial charge in [-0.3, -0.25) is 0 Å². The molecule has 0 spiro atoms. The van der Waals surface area contributed by atoms with Gasteiger partial charge in [-0.1, -0.05) is 22.0 Å². The fourth-order valence-electron chi connectivity index (χ4n) is 1.56. The van der Waals surface area contributed by atoms with Gasteiger partial charge in [0.25, 0.3) is 0 Å². The quantitative estimate of drug-likeness (QED) is 0.933. The lowest BCUT2D eigenvalue weighted by Gasteiger charge is -2.09. The van der Waals surface area contributed by atoms with Gasteiger partial charge in [-0.15, -0.1) is 0 Å². The molecule has 0 aliphatic heterocycles. The highest BCUT2D eigenvalue weighted by atomic mass is 79.9. The maximum atomic E-state index is 5.77. The van der Waals surface area contributed by atoms with E-state index in [0.717, 1.165) is 21.3 Å². The fraction of sp³-hybridized carbons (Fsp3) is 0.214. The number of aromatic nitrogens is 1. The zero-order chi connectivity index (χ0) is 13.1. The molecule has 1 aromatic carbocycles. The van der Waals surface area contributed by atoms with Crippen molar-refractivity contribution in [2.45, 2.75) is 19.9 Å². The maximum absolute atomic E-state index is 5.77. The molecule has 0 aliphatic carbocycles. The number of aryl methyl sites for hydroxylation is 1. The van der Waals surface area contributed by atoms with Gasteiger partial charge in [-0.25, -0.2) is 4.98 Å². The van der Waals surface area contributed by atoms with E-state index in [2.05, 4.69) is 20.9 Å². The molecule has 0 bridgehead atoms. The summed E-state index contributed by atoms with van der Waals surface area (Å²) >= 11 is 3.42. The number of rotatable bonds is 3. The second-order valence-corrected chi connectivity index (χ2v) is 5.15. The molecule has 0 saturated heterocycles. The first-order valence-corrected chi connectivity index (χ1v) is 6.51. The minimum Gasteiger partial charge on any atom is -0.439 e. The number of hydrogen-bond donors (Lipinski definition) is 1. The molecule has 1 aromatic heterocycles. The molecule has 0 amide bonds. The molecule has 0 unspecified atom stereocenters. The molecule has 0 saturated carbocycles. The van der Waals surface area contributed by atoms with Gasteiger partial charge in [-0.05, 0) is 43.2 Å². The summed E-state index contributed by atoms with van der Waals surface area (Å²) in [5, 5.41) is 0. The molecule has 2 aromatic rings. The van der Waals surface area contributed by atoms with Crippen LogP contribution in [0.4, 0.5) is 0 Å².